The average molecular weight is 303 g/mol. The fourth-order valence-corrected chi connectivity index (χ4v) is 3.50. The highest BCUT2D eigenvalue weighted by Gasteiger charge is 2.27. The number of imidazole rings is 1. The molecule has 6 heteroatoms. The Balaban J connectivity index is 1.61. The zero-order chi connectivity index (χ0) is 14.4. The highest BCUT2D eigenvalue weighted by atomic mass is 32.2. The van der Waals surface area contributed by atoms with E-state index in [0.29, 0.717) is 17.5 Å². The molecule has 1 amide bonds. The molecule has 110 valence electrons. The Morgan fingerprint density at radius 3 is 2.86 bits per heavy atom. The van der Waals surface area contributed by atoms with Crippen molar-refractivity contribution in [2.45, 2.75) is 18.9 Å². The lowest BCUT2D eigenvalue weighted by Gasteiger charge is -2.24. The average Bonchev–Trinajstić information content (AvgIpc) is 3.18. The minimum Gasteiger partial charge on any atom is -0.352 e. The van der Waals surface area contributed by atoms with Crippen molar-refractivity contribution in [1.82, 2.24) is 14.9 Å². The largest absolute Gasteiger partial charge is 0.352 e. The second-order valence-electron chi connectivity index (χ2n) is 5.88. The molecule has 1 aromatic carbocycles. The molecule has 0 atom stereocenters. The van der Waals surface area contributed by atoms with E-state index in [4.69, 9.17) is 0 Å². The molecule has 5 nitrogen and oxygen atoms in total. The first-order valence-electron chi connectivity index (χ1n) is 7.32. The number of nitrogens with one attached hydrogen (secondary N) is 2. The summed E-state index contributed by atoms with van der Waals surface area (Å²) in [4.78, 5) is 27.0. The number of hydrogen-bond acceptors (Lipinski definition) is 3. The lowest BCUT2D eigenvalue weighted by molar-refractivity contribution is 0.0949. The first-order valence-corrected chi connectivity index (χ1v) is 8.48. The van der Waals surface area contributed by atoms with Gasteiger partial charge in [-0.15, -0.1) is 0 Å². The molecule has 1 saturated heterocycles. The zero-order valence-electron chi connectivity index (χ0n) is 11.6. The lowest BCUT2D eigenvalue weighted by atomic mass is 10.1. The Morgan fingerprint density at radius 2 is 2.19 bits per heavy atom. The SMILES string of the molecule is O=C(NCC1CSC1)c1ccc2[nH]c(=O)n(C3CC3)c2c1. The number of benzene rings is 1. The summed E-state index contributed by atoms with van der Waals surface area (Å²) in [5.74, 6) is 2.83. The van der Waals surface area contributed by atoms with Crippen LogP contribution in [0.2, 0.25) is 0 Å². The van der Waals surface area contributed by atoms with E-state index in [-0.39, 0.29) is 11.6 Å². The van der Waals surface area contributed by atoms with Gasteiger partial charge in [0, 0.05) is 18.2 Å². The smallest absolute Gasteiger partial charge is 0.326 e. The number of amides is 1. The van der Waals surface area contributed by atoms with Gasteiger partial charge in [-0.25, -0.2) is 4.79 Å². The van der Waals surface area contributed by atoms with Crippen LogP contribution in [-0.2, 0) is 0 Å². The first-order chi connectivity index (χ1) is 10.2. The van der Waals surface area contributed by atoms with Gasteiger partial charge in [0.05, 0.1) is 11.0 Å². The van der Waals surface area contributed by atoms with E-state index in [0.717, 1.165) is 41.9 Å². The van der Waals surface area contributed by atoms with Crippen LogP contribution in [0.5, 0.6) is 0 Å². The van der Waals surface area contributed by atoms with Crippen LogP contribution >= 0.6 is 11.8 Å². The monoisotopic (exact) mass is 303 g/mol. The summed E-state index contributed by atoms with van der Waals surface area (Å²) in [5.41, 5.74) is 2.20. The topological polar surface area (TPSA) is 66.9 Å². The molecule has 1 aliphatic carbocycles. The van der Waals surface area contributed by atoms with Gasteiger partial charge in [-0.3, -0.25) is 9.36 Å². The molecule has 0 unspecified atom stereocenters. The second kappa shape index (κ2) is 4.94. The standard InChI is InChI=1S/C15H17N3O2S/c19-14(16-6-9-7-21-8-9)10-1-4-12-13(5-10)18(11-2-3-11)15(20)17-12/h1,4-5,9,11H,2-3,6-8H2,(H,16,19)(H,17,20). The van der Waals surface area contributed by atoms with Crippen LogP contribution < -0.4 is 11.0 Å². The third-order valence-corrected chi connectivity index (χ3v) is 5.56. The molecule has 2 heterocycles. The van der Waals surface area contributed by atoms with Crippen molar-refractivity contribution in [2.24, 2.45) is 5.92 Å². The molecule has 2 fully saturated rings. The predicted octanol–water partition coefficient (Wildman–Crippen LogP) is 1.76. The van der Waals surface area contributed by atoms with Gasteiger partial charge in [-0.2, -0.15) is 11.8 Å². The van der Waals surface area contributed by atoms with Gasteiger partial charge in [-0.1, -0.05) is 0 Å². The molecule has 0 bridgehead atoms. The van der Waals surface area contributed by atoms with Gasteiger partial charge in [0.2, 0.25) is 0 Å². The van der Waals surface area contributed by atoms with Crippen LogP contribution in [0.4, 0.5) is 0 Å². The molecule has 0 spiro atoms. The highest BCUT2D eigenvalue weighted by Crippen LogP contribution is 2.35. The summed E-state index contributed by atoms with van der Waals surface area (Å²) in [6.45, 7) is 0.742. The van der Waals surface area contributed by atoms with E-state index < -0.39 is 0 Å². The van der Waals surface area contributed by atoms with Crippen LogP contribution in [0, 0.1) is 5.92 Å². The highest BCUT2D eigenvalue weighted by molar-refractivity contribution is 8.00. The number of aromatic amines is 1. The maximum Gasteiger partial charge on any atom is 0.326 e. The van der Waals surface area contributed by atoms with Crippen LogP contribution in [-0.4, -0.2) is 33.5 Å². The Labute approximate surface area is 126 Å². The molecule has 21 heavy (non-hydrogen) atoms. The predicted molar refractivity (Wildman–Crippen MR) is 84.0 cm³/mol. The number of fused-ring (bicyclic) bond motifs is 1. The molecule has 2 aromatic rings. The number of carbonyl (C=O) groups excluding carboxylic acids is 1. The van der Waals surface area contributed by atoms with Crippen LogP contribution in [0.1, 0.15) is 29.2 Å². The summed E-state index contributed by atoms with van der Waals surface area (Å²) in [6.07, 6.45) is 2.09. The molecule has 0 radical (unpaired) electrons. The van der Waals surface area contributed by atoms with Gasteiger partial charge >= 0.3 is 5.69 Å². The Hall–Kier alpha value is -1.69. The summed E-state index contributed by atoms with van der Waals surface area (Å²) < 4.78 is 1.79. The third-order valence-electron chi connectivity index (χ3n) is 4.15. The first kappa shape index (κ1) is 13.0. The van der Waals surface area contributed by atoms with E-state index in [1.807, 2.05) is 23.9 Å². The molecule has 1 aliphatic heterocycles. The van der Waals surface area contributed by atoms with E-state index >= 15 is 0 Å². The summed E-state index contributed by atoms with van der Waals surface area (Å²) in [5, 5.41) is 2.99. The Kier molecular flexibility index (Phi) is 3.06. The van der Waals surface area contributed by atoms with Crippen molar-refractivity contribution >= 4 is 28.7 Å². The van der Waals surface area contributed by atoms with Crippen molar-refractivity contribution < 1.29 is 4.79 Å². The number of nitrogens with zero attached hydrogens (tertiary/aromatic N) is 1. The summed E-state index contributed by atoms with van der Waals surface area (Å²) in [7, 11) is 0. The molecule has 2 aliphatic rings. The number of rotatable bonds is 4. The van der Waals surface area contributed by atoms with E-state index in [1.54, 1.807) is 10.6 Å². The summed E-state index contributed by atoms with van der Waals surface area (Å²) >= 11 is 1.92. The van der Waals surface area contributed by atoms with Crippen molar-refractivity contribution in [3.8, 4) is 0 Å². The fraction of sp³-hybridized carbons (Fsp3) is 0.467. The molecule has 1 saturated carbocycles. The zero-order valence-corrected chi connectivity index (χ0v) is 12.4. The maximum absolute atomic E-state index is 12.2. The van der Waals surface area contributed by atoms with Crippen molar-refractivity contribution in [3.05, 3.63) is 34.2 Å². The van der Waals surface area contributed by atoms with E-state index in [9.17, 15) is 9.59 Å². The normalized spacial score (nSPS) is 18.7. The maximum atomic E-state index is 12.2. The van der Waals surface area contributed by atoms with Crippen molar-refractivity contribution in [1.29, 1.82) is 0 Å². The molecule has 4 rings (SSSR count). The van der Waals surface area contributed by atoms with E-state index in [2.05, 4.69) is 10.3 Å². The second-order valence-corrected chi connectivity index (χ2v) is 6.95. The molecular formula is C15H17N3O2S. The van der Waals surface area contributed by atoms with Gasteiger partial charge < -0.3 is 10.3 Å². The van der Waals surface area contributed by atoms with Gasteiger partial charge in [0.25, 0.3) is 5.91 Å². The van der Waals surface area contributed by atoms with Gasteiger partial charge in [0.1, 0.15) is 0 Å². The van der Waals surface area contributed by atoms with Crippen LogP contribution in [0.15, 0.2) is 23.0 Å². The molecular weight excluding hydrogens is 286 g/mol. The third kappa shape index (κ3) is 2.37. The minimum absolute atomic E-state index is 0.0511. The number of aromatic nitrogens is 2. The van der Waals surface area contributed by atoms with Crippen molar-refractivity contribution in [2.75, 3.05) is 18.1 Å². The van der Waals surface area contributed by atoms with Gasteiger partial charge in [-0.05, 0) is 48.5 Å². The number of carbonyl (C=O) groups is 1. The van der Waals surface area contributed by atoms with Gasteiger partial charge in [0.15, 0.2) is 0 Å². The molecule has 2 N–H and O–H groups in total. The number of H-pyrrole nitrogens is 1. The Morgan fingerprint density at radius 1 is 1.38 bits per heavy atom. The van der Waals surface area contributed by atoms with Crippen LogP contribution in [0.25, 0.3) is 11.0 Å². The van der Waals surface area contributed by atoms with Crippen LogP contribution in [0.3, 0.4) is 0 Å². The quantitative estimate of drug-likeness (QED) is 0.904. The van der Waals surface area contributed by atoms with E-state index in [1.165, 1.54) is 0 Å². The number of thioether (sulfide) groups is 1. The Bertz CT molecular complexity index is 756. The van der Waals surface area contributed by atoms with Crippen molar-refractivity contribution in [3.63, 3.8) is 0 Å². The molecule has 1 aromatic heterocycles. The number of hydrogen-bond donors (Lipinski definition) is 2. The fourth-order valence-electron chi connectivity index (χ4n) is 2.70. The lowest BCUT2D eigenvalue weighted by Crippen LogP contribution is -2.35. The summed E-state index contributed by atoms with van der Waals surface area (Å²) in [6, 6.07) is 5.73. The minimum atomic E-state index is -0.0726.